The first-order chi connectivity index (χ1) is 14.1. The molecule has 0 aliphatic rings. The third-order valence-corrected chi connectivity index (χ3v) is 5.61. The number of benzene rings is 2. The molecule has 0 aliphatic heterocycles. The highest BCUT2D eigenvalue weighted by Gasteiger charge is 2.28. The van der Waals surface area contributed by atoms with Gasteiger partial charge in [-0.05, 0) is 55.1 Å². The Morgan fingerprint density at radius 3 is 2.10 bits per heavy atom. The monoisotopic (exact) mass is 409 g/mol. The zero-order valence-corrected chi connectivity index (χ0v) is 18.8. The van der Waals surface area contributed by atoms with Crippen molar-refractivity contribution in [1.29, 1.82) is 0 Å². The van der Waals surface area contributed by atoms with Gasteiger partial charge in [-0.3, -0.25) is 9.59 Å². The lowest BCUT2D eigenvalue weighted by Crippen LogP contribution is -2.42. The summed E-state index contributed by atoms with van der Waals surface area (Å²) in [6.45, 7) is 7.10. The van der Waals surface area contributed by atoms with Gasteiger partial charge in [0.1, 0.15) is 0 Å². The number of nitrogens with one attached hydrogen (secondary N) is 1. The molecule has 0 saturated carbocycles. The molecule has 162 valence electrons. The van der Waals surface area contributed by atoms with E-state index in [-0.39, 0.29) is 23.3 Å². The molecule has 5 heteroatoms. The summed E-state index contributed by atoms with van der Waals surface area (Å²) in [5.41, 5.74) is 8.10. The second kappa shape index (κ2) is 10.4. The van der Waals surface area contributed by atoms with Crippen LogP contribution in [0.25, 0.3) is 0 Å². The van der Waals surface area contributed by atoms with Crippen LogP contribution < -0.4 is 11.1 Å². The summed E-state index contributed by atoms with van der Waals surface area (Å²) >= 11 is 0. The Bertz CT molecular complexity index is 824. The Morgan fingerprint density at radius 1 is 1.00 bits per heavy atom. The van der Waals surface area contributed by atoms with E-state index < -0.39 is 5.91 Å². The largest absolute Gasteiger partial charge is 0.366 e. The van der Waals surface area contributed by atoms with Gasteiger partial charge in [-0.15, -0.1) is 0 Å². The highest BCUT2D eigenvalue weighted by atomic mass is 16.1. The van der Waals surface area contributed by atoms with E-state index in [1.165, 1.54) is 5.56 Å². The summed E-state index contributed by atoms with van der Waals surface area (Å²) in [6, 6.07) is 17.7. The smallest absolute Gasteiger partial charge is 0.248 e. The van der Waals surface area contributed by atoms with E-state index in [9.17, 15) is 9.59 Å². The topological polar surface area (TPSA) is 75.4 Å². The van der Waals surface area contributed by atoms with Crippen LogP contribution in [0.1, 0.15) is 54.6 Å². The van der Waals surface area contributed by atoms with Gasteiger partial charge >= 0.3 is 0 Å². The van der Waals surface area contributed by atoms with Gasteiger partial charge in [-0.25, -0.2) is 0 Å². The Labute approximate surface area is 180 Å². The molecule has 0 fully saturated rings. The molecule has 0 spiro atoms. The molecule has 2 amide bonds. The first kappa shape index (κ1) is 23.6. The first-order valence-corrected chi connectivity index (χ1v) is 10.4. The Balaban J connectivity index is 1.99. The van der Waals surface area contributed by atoms with Crippen molar-refractivity contribution >= 4 is 11.8 Å². The lowest BCUT2D eigenvalue weighted by molar-refractivity contribution is -0.122. The maximum absolute atomic E-state index is 12.8. The molecule has 2 aromatic rings. The van der Waals surface area contributed by atoms with E-state index in [0.717, 1.165) is 12.0 Å². The lowest BCUT2D eigenvalue weighted by atomic mass is 9.74. The summed E-state index contributed by atoms with van der Waals surface area (Å²) in [6.07, 6.45) is 1.23. The molecule has 0 bridgehead atoms. The van der Waals surface area contributed by atoms with Gasteiger partial charge in [0.15, 0.2) is 0 Å². The second-order valence-corrected chi connectivity index (χ2v) is 9.22. The van der Waals surface area contributed by atoms with Crippen molar-refractivity contribution < 1.29 is 9.59 Å². The average Bonchev–Trinajstić information content (AvgIpc) is 2.69. The average molecular weight is 410 g/mol. The van der Waals surface area contributed by atoms with Crippen LogP contribution >= 0.6 is 0 Å². The molecule has 2 rings (SSSR count). The van der Waals surface area contributed by atoms with Crippen molar-refractivity contribution in [3.05, 3.63) is 71.3 Å². The van der Waals surface area contributed by atoms with Gasteiger partial charge in [0.25, 0.3) is 0 Å². The molecular weight excluding hydrogens is 374 g/mol. The van der Waals surface area contributed by atoms with E-state index in [1.54, 1.807) is 12.1 Å². The zero-order chi connectivity index (χ0) is 22.3. The predicted octanol–water partition coefficient (Wildman–Crippen LogP) is 3.59. The zero-order valence-electron chi connectivity index (χ0n) is 18.8. The lowest BCUT2D eigenvalue weighted by Gasteiger charge is -2.31. The van der Waals surface area contributed by atoms with Crippen LogP contribution in [-0.2, 0) is 11.2 Å². The number of nitrogens with zero attached hydrogens (tertiary/aromatic N) is 1. The number of hydrogen-bond acceptors (Lipinski definition) is 3. The molecule has 0 aliphatic carbocycles. The standard InChI is InChI=1S/C25H35N3O2/c1-25(2,3)22(19-9-7-6-8-10-19)16-23(29)27-17-21(28(4)5)15-18-11-13-20(14-12-18)24(26)30/h6-14,21-22H,15-17H2,1-5H3,(H2,26,30)(H,27,29)/t21-,22?/m0/s1. The quantitative estimate of drug-likeness (QED) is 0.664. The van der Waals surface area contributed by atoms with Crippen molar-refractivity contribution in [3.63, 3.8) is 0 Å². The third-order valence-electron chi connectivity index (χ3n) is 5.61. The van der Waals surface area contributed by atoms with Crippen LogP contribution in [0.3, 0.4) is 0 Å². The van der Waals surface area contributed by atoms with Crippen LogP contribution in [-0.4, -0.2) is 43.4 Å². The molecular formula is C25H35N3O2. The molecule has 0 heterocycles. The van der Waals surface area contributed by atoms with E-state index in [2.05, 4.69) is 43.1 Å². The minimum Gasteiger partial charge on any atom is -0.366 e. The van der Waals surface area contributed by atoms with Crippen LogP contribution in [0, 0.1) is 5.41 Å². The molecule has 3 N–H and O–H groups in total. The van der Waals surface area contributed by atoms with E-state index in [1.807, 2.05) is 44.4 Å². The van der Waals surface area contributed by atoms with Crippen molar-refractivity contribution in [2.45, 2.75) is 45.6 Å². The number of hydrogen-bond donors (Lipinski definition) is 2. The summed E-state index contributed by atoms with van der Waals surface area (Å²) < 4.78 is 0. The predicted molar refractivity (Wildman–Crippen MR) is 122 cm³/mol. The van der Waals surface area contributed by atoms with Crippen molar-refractivity contribution in [2.24, 2.45) is 11.1 Å². The number of likely N-dealkylation sites (N-methyl/N-ethyl adjacent to an activating group) is 1. The normalized spacial score (nSPS) is 13.7. The second-order valence-electron chi connectivity index (χ2n) is 9.22. The summed E-state index contributed by atoms with van der Waals surface area (Å²) in [7, 11) is 4.02. The van der Waals surface area contributed by atoms with Gasteiger partial charge < -0.3 is 16.0 Å². The molecule has 2 aromatic carbocycles. The molecule has 0 saturated heterocycles. The fourth-order valence-electron chi connectivity index (χ4n) is 3.61. The van der Waals surface area contributed by atoms with Gasteiger partial charge in [0.05, 0.1) is 0 Å². The molecule has 0 radical (unpaired) electrons. The van der Waals surface area contributed by atoms with Crippen LogP contribution in [0.4, 0.5) is 0 Å². The molecule has 0 aromatic heterocycles. The highest BCUT2D eigenvalue weighted by Crippen LogP contribution is 2.37. The van der Waals surface area contributed by atoms with E-state index in [4.69, 9.17) is 5.73 Å². The minimum atomic E-state index is -0.426. The van der Waals surface area contributed by atoms with Crippen LogP contribution in [0.15, 0.2) is 54.6 Å². The van der Waals surface area contributed by atoms with Crippen molar-refractivity contribution in [3.8, 4) is 0 Å². The van der Waals surface area contributed by atoms with Crippen molar-refractivity contribution in [2.75, 3.05) is 20.6 Å². The maximum Gasteiger partial charge on any atom is 0.248 e. The Kier molecular flexibility index (Phi) is 8.18. The van der Waals surface area contributed by atoms with Crippen LogP contribution in [0.2, 0.25) is 0 Å². The van der Waals surface area contributed by atoms with Gasteiger partial charge in [0.2, 0.25) is 11.8 Å². The number of primary amides is 1. The molecule has 2 atom stereocenters. The fraction of sp³-hybridized carbons (Fsp3) is 0.440. The fourth-order valence-corrected chi connectivity index (χ4v) is 3.61. The number of rotatable bonds is 9. The third kappa shape index (κ3) is 6.99. The summed E-state index contributed by atoms with van der Waals surface area (Å²) in [4.78, 5) is 26.2. The van der Waals surface area contributed by atoms with Gasteiger partial charge in [-0.2, -0.15) is 0 Å². The number of nitrogens with two attached hydrogens (primary N) is 1. The number of carbonyl (C=O) groups excluding carboxylic acids is 2. The van der Waals surface area contributed by atoms with Gasteiger partial charge in [0, 0.05) is 24.6 Å². The maximum atomic E-state index is 12.8. The minimum absolute atomic E-state index is 0.0121. The highest BCUT2D eigenvalue weighted by molar-refractivity contribution is 5.92. The number of carbonyl (C=O) groups is 2. The summed E-state index contributed by atoms with van der Waals surface area (Å²) in [5, 5.41) is 3.13. The Morgan fingerprint density at radius 2 is 1.60 bits per heavy atom. The van der Waals surface area contributed by atoms with E-state index in [0.29, 0.717) is 18.5 Å². The van der Waals surface area contributed by atoms with E-state index >= 15 is 0 Å². The Hall–Kier alpha value is -2.66. The number of amides is 2. The molecule has 1 unspecified atom stereocenters. The van der Waals surface area contributed by atoms with Crippen LogP contribution in [0.5, 0.6) is 0 Å². The SMILES string of the molecule is CN(C)[C@H](CNC(=O)CC(c1ccccc1)C(C)(C)C)Cc1ccc(C(N)=O)cc1. The molecule has 5 nitrogen and oxygen atoms in total. The van der Waals surface area contributed by atoms with Crippen molar-refractivity contribution in [1.82, 2.24) is 10.2 Å². The molecule has 30 heavy (non-hydrogen) atoms. The first-order valence-electron chi connectivity index (χ1n) is 10.4. The summed E-state index contributed by atoms with van der Waals surface area (Å²) in [5.74, 6) is -0.211. The van der Waals surface area contributed by atoms with Gasteiger partial charge in [-0.1, -0.05) is 63.2 Å².